The van der Waals surface area contributed by atoms with Gasteiger partial charge in [-0.15, -0.1) is 0 Å². The third-order valence-electron chi connectivity index (χ3n) is 5.02. The Bertz CT molecular complexity index is 798. The van der Waals surface area contributed by atoms with Gasteiger partial charge in [-0.25, -0.2) is 4.79 Å². The molecule has 172 valence electrons. The van der Waals surface area contributed by atoms with Gasteiger partial charge >= 0.3 is 12.0 Å². The van der Waals surface area contributed by atoms with Crippen LogP contribution in [0.3, 0.4) is 0 Å². The van der Waals surface area contributed by atoms with Crippen LogP contribution in [-0.4, -0.2) is 63.0 Å². The molecule has 31 heavy (non-hydrogen) atoms. The highest BCUT2D eigenvalue weighted by molar-refractivity contribution is 5.87. The molecule has 1 saturated heterocycles. The van der Waals surface area contributed by atoms with Crippen molar-refractivity contribution in [3.8, 4) is 0 Å². The molecule has 2 heterocycles. The van der Waals surface area contributed by atoms with Crippen molar-refractivity contribution < 1.29 is 24.0 Å². The smallest absolute Gasteiger partial charge is 0.318 e. The Hall–Kier alpha value is -3.22. The summed E-state index contributed by atoms with van der Waals surface area (Å²) in [5.41, 5.74) is 11.3. The molecule has 0 bridgehead atoms. The number of nitrogens with two attached hydrogens (primary N) is 2. The molecule has 1 aliphatic rings. The lowest BCUT2D eigenvalue weighted by Gasteiger charge is -2.25. The number of ketones is 1. The van der Waals surface area contributed by atoms with E-state index in [-0.39, 0.29) is 36.3 Å². The SMILES string of the molecule is CC(=O)C1CCCN1C(=O)N[C@@H](CCC(=O)O)c1nc([C@@H](N)CCCNC(=N)N)no1. The zero-order valence-corrected chi connectivity index (χ0v) is 17.5. The number of nitrogens with zero attached hydrogens (tertiary/aromatic N) is 3. The lowest BCUT2D eigenvalue weighted by Crippen LogP contribution is -2.46. The van der Waals surface area contributed by atoms with Gasteiger partial charge in [0.2, 0.25) is 5.89 Å². The van der Waals surface area contributed by atoms with Gasteiger partial charge in [-0.2, -0.15) is 4.98 Å². The van der Waals surface area contributed by atoms with Crippen molar-refractivity contribution in [2.24, 2.45) is 11.5 Å². The van der Waals surface area contributed by atoms with Crippen LogP contribution in [0.1, 0.15) is 69.2 Å². The molecule has 8 N–H and O–H groups in total. The van der Waals surface area contributed by atoms with Gasteiger partial charge < -0.3 is 36.6 Å². The number of hydrogen-bond donors (Lipinski definition) is 6. The van der Waals surface area contributed by atoms with Crippen molar-refractivity contribution >= 4 is 23.7 Å². The summed E-state index contributed by atoms with van der Waals surface area (Å²) in [6.45, 7) is 2.35. The lowest BCUT2D eigenvalue weighted by atomic mass is 10.1. The van der Waals surface area contributed by atoms with E-state index in [1.807, 2.05) is 0 Å². The number of amides is 2. The van der Waals surface area contributed by atoms with E-state index >= 15 is 0 Å². The highest BCUT2D eigenvalue weighted by atomic mass is 16.5. The highest BCUT2D eigenvalue weighted by Crippen LogP contribution is 2.23. The first-order valence-corrected chi connectivity index (χ1v) is 10.2. The number of nitrogens with one attached hydrogen (secondary N) is 3. The molecule has 1 fully saturated rings. The number of aromatic nitrogens is 2. The van der Waals surface area contributed by atoms with Crippen molar-refractivity contribution in [1.29, 1.82) is 5.41 Å². The first kappa shape index (κ1) is 24.1. The zero-order chi connectivity index (χ0) is 23.0. The number of aliphatic carboxylic acids is 1. The minimum absolute atomic E-state index is 0.0407. The third-order valence-corrected chi connectivity index (χ3v) is 5.02. The van der Waals surface area contributed by atoms with E-state index in [1.54, 1.807) is 0 Å². The molecule has 0 aromatic carbocycles. The Morgan fingerprint density at radius 3 is 2.77 bits per heavy atom. The summed E-state index contributed by atoms with van der Waals surface area (Å²) in [7, 11) is 0. The molecule has 3 atom stereocenters. The van der Waals surface area contributed by atoms with E-state index in [9.17, 15) is 14.4 Å². The minimum Gasteiger partial charge on any atom is -0.481 e. The number of carboxylic acid groups (broad SMARTS) is 1. The second-order valence-electron chi connectivity index (χ2n) is 7.48. The number of likely N-dealkylation sites (tertiary alicyclic amines) is 1. The Labute approximate surface area is 179 Å². The van der Waals surface area contributed by atoms with Crippen LogP contribution >= 0.6 is 0 Å². The summed E-state index contributed by atoms with van der Waals surface area (Å²) in [4.78, 5) is 41.2. The van der Waals surface area contributed by atoms with E-state index in [0.717, 1.165) is 6.42 Å². The van der Waals surface area contributed by atoms with Crippen molar-refractivity contribution in [3.05, 3.63) is 11.7 Å². The molecule has 0 aliphatic carbocycles. The van der Waals surface area contributed by atoms with E-state index in [2.05, 4.69) is 20.8 Å². The highest BCUT2D eigenvalue weighted by Gasteiger charge is 2.34. The van der Waals surface area contributed by atoms with Gasteiger partial charge in [0.15, 0.2) is 17.6 Å². The Morgan fingerprint density at radius 1 is 1.39 bits per heavy atom. The summed E-state index contributed by atoms with van der Waals surface area (Å²) >= 11 is 0. The second-order valence-corrected chi connectivity index (χ2v) is 7.48. The fourth-order valence-electron chi connectivity index (χ4n) is 3.40. The lowest BCUT2D eigenvalue weighted by molar-refractivity contribution is -0.137. The molecule has 13 nitrogen and oxygen atoms in total. The van der Waals surface area contributed by atoms with Crippen molar-refractivity contribution in [3.63, 3.8) is 0 Å². The van der Waals surface area contributed by atoms with Crippen LogP contribution in [0.15, 0.2) is 4.52 Å². The van der Waals surface area contributed by atoms with Crippen molar-refractivity contribution in [1.82, 2.24) is 25.7 Å². The summed E-state index contributed by atoms with van der Waals surface area (Å²) in [6, 6.07) is -2.34. The zero-order valence-electron chi connectivity index (χ0n) is 17.5. The van der Waals surface area contributed by atoms with Gasteiger partial charge in [0.05, 0.1) is 12.1 Å². The monoisotopic (exact) mass is 438 g/mol. The number of carbonyl (C=O) groups is 3. The topological polar surface area (TPSA) is 214 Å². The largest absolute Gasteiger partial charge is 0.481 e. The van der Waals surface area contributed by atoms with Gasteiger partial charge in [0.25, 0.3) is 0 Å². The van der Waals surface area contributed by atoms with Crippen LogP contribution in [0.2, 0.25) is 0 Å². The second kappa shape index (κ2) is 11.2. The number of hydrogen-bond acceptors (Lipinski definition) is 8. The standard InChI is InChI=1S/C18H30N8O5/c1-10(27)13-5-3-9-26(13)18(30)23-12(6-7-14(28)29)16-24-15(25-31-16)11(19)4-2-8-22-17(20)21/h11-13H,2-9,19H2,1H3,(H,23,30)(H,28,29)(H4,20,21,22)/t11-,12-,13?/m0/s1. The summed E-state index contributed by atoms with van der Waals surface area (Å²) in [6.07, 6.45) is 2.25. The van der Waals surface area contributed by atoms with E-state index < -0.39 is 30.1 Å². The van der Waals surface area contributed by atoms with E-state index in [4.69, 9.17) is 26.5 Å². The molecule has 1 aromatic rings. The maximum absolute atomic E-state index is 12.7. The van der Waals surface area contributed by atoms with Crippen LogP contribution in [-0.2, 0) is 9.59 Å². The number of guanidine groups is 1. The number of rotatable bonds is 11. The number of carbonyl (C=O) groups excluding carboxylic acids is 2. The predicted molar refractivity (Wildman–Crippen MR) is 109 cm³/mol. The quantitative estimate of drug-likeness (QED) is 0.154. The van der Waals surface area contributed by atoms with E-state index in [1.165, 1.54) is 11.8 Å². The minimum atomic E-state index is -1.03. The van der Waals surface area contributed by atoms with Crippen LogP contribution in [0.4, 0.5) is 4.79 Å². The van der Waals surface area contributed by atoms with Crippen LogP contribution in [0, 0.1) is 5.41 Å². The Kier molecular flexibility index (Phi) is 8.73. The summed E-state index contributed by atoms with van der Waals surface area (Å²) in [5.74, 6) is -0.968. The van der Waals surface area contributed by atoms with E-state index in [0.29, 0.717) is 32.4 Å². The summed E-state index contributed by atoms with van der Waals surface area (Å²) in [5, 5.41) is 25.4. The first-order chi connectivity index (χ1) is 14.7. The van der Waals surface area contributed by atoms with Gasteiger partial charge in [-0.05, 0) is 39.0 Å². The molecule has 2 amide bonds. The molecule has 1 aliphatic heterocycles. The molecule has 1 aromatic heterocycles. The van der Waals surface area contributed by atoms with Gasteiger partial charge in [-0.1, -0.05) is 5.16 Å². The number of urea groups is 1. The molecule has 2 rings (SSSR count). The normalized spacial score (nSPS) is 17.7. The Balaban J connectivity index is 2.04. The van der Waals surface area contributed by atoms with Crippen LogP contribution in [0.25, 0.3) is 0 Å². The predicted octanol–water partition coefficient (Wildman–Crippen LogP) is 0.00157. The van der Waals surface area contributed by atoms with Crippen molar-refractivity contribution in [2.45, 2.75) is 63.6 Å². The summed E-state index contributed by atoms with van der Waals surface area (Å²) < 4.78 is 5.26. The molecule has 1 unspecified atom stereocenters. The maximum atomic E-state index is 12.7. The average molecular weight is 438 g/mol. The van der Waals surface area contributed by atoms with Crippen LogP contribution in [0.5, 0.6) is 0 Å². The first-order valence-electron chi connectivity index (χ1n) is 10.2. The number of Topliss-reactive ketones (excluding diaryl/α,β-unsaturated/α-hetero) is 1. The van der Waals surface area contributed by atoms with Gasteiger partial charge in [0.1, 0.15) is 6.04 Å². The molecular formula is C18H30N8O5. The average Bonchev–Trinajstić information content (AvgIpc) is 3.37. The molecular weight excluding hydrogens is 408 g/mol. The third kappa shape index (κ3) is 7.20. The fourth-order valence-corrected chi connectivity index (χ4v) is 3.40. The van der Waals surface area contributed by atoms with Gasteiger partial charge in [-0.3, -0.25) is 15.0 Å². The molecule has 0 radical (unpaired) electrons. The van der Waals surface area contributed by atoms with Crippen LogP contribution < -0.4 is 22.1 Å². The van der Waals surface area contributed by atoms with Gasteiger partial charge in [0, 0.05) is 19.5 Å². The fraction of sp³-hybridized carbons (Fsp3) is 0.667. The number of carboxylic acids is 1. The van der Waals surface area contributed by atoms with Crippen molar-refractivity contribution in [2.75, 3.05) is 13.1 Å². The maximum Gasteiger partial charge on any atom is 0.318 e. The molecule has 13 heteroatoms. The molecule has 0 spiro atoms. The Morgan fingerprint density at radius 2 is 2.13 bits per heavy atom. The molecule has 0 saturated carbocycles.